The third-order valence-corrected chi connectivity index (χ3v) is 5.38. The molecule has 0 saturated carbocycles. The molecule has 1 fully saturated rings. The van der Waals surface area contributed by atoms with E-state index in [4.69, 9.17) is 18.9 Å². The van der Waals surface area contributed by atoms with Gasteiger partial charge in [-0.25, -0.2) is 4.79 Å². The number of aliphatic hydroxyl groups excluding tert-OH is 1. The maximum atomic E-state index is 12.0. The summed E-state index contributed by atoms with van der Waals surface area (Å²) in [5, 5.41) is 21.7. The van der Waals surface area contributed by atoms with Gasteiger partial charge in [0.15, 0.2) is 6.10 Å². The molecule has 228 valence electrons. The summed E-state index contributed by atoms with van der Waals surface area (Å²) in [5.41, 5.74) is 0.540. The van der Waals surface area contributed by atoms with Gasteiger partial charge >= 0.3 is 11.9 Å². The molecule has 13 nitrogen and oxygen atoms in total. The first kappa shape index (κ1) is 35.1. The zero-order chi connectivity index (χ0) is 30.9. The van der Waals surface area contributed by atoms with E-state index in [0.717, 1.165) is 17.1 Å². The second-order valence-electron chi connectivity index (χ2n) is 8.33. The molecule has 1 aromatic rings. The van der Waals surface area contributed by atoms with E-state index in [9.17, 15) is 34.2 Å². The number of hydrogen-bond acceptors (Lipinski definition) is 10. The normalized spacial score (nSPS) is 19.3. The van der Waals surface area contributed by atoms with Crippen LogP contribution < -0.4 is 14.8 Å². The van der Waals surface area contributed by atoms with Crippen LogP contribution in [-0.2, 0) is 40.1 Å². The van der Waals surface area contributed by atoms with Gasteiger partial charge in [0.2, 0.25) is 12.2 Å². The van der Waals surface area contributed by atoms with Crippen molar-refractivity contribution in [2.45, 2.75) is 79.0 Å². The zero-order valence-electron chi connectivity index (χ0n) is 24.1. The largest absolute Gasteiger partial charge is 0.493 e. The van der Waals surface area contributed by atoms with Crippen molar-refractivity contribution in [3.8, 4) is 11.5 Å². The fraction of sp³-hybridized carbons (Fsp3) is 0.536. The number of carboxylic acids is 1. The number of benzene rings is 1. The molecule has 0 radical (unpaired) electrons. The summed E-state index contributed by atoms with van der Waals surface area (Å²) >= 11 is 0. The van der Waals surface area contributed by atoms with E-state index in [1.807, 2.05) is 27.7 Å². The van der Waals surface area contributed by atoms with Gasteiger partial charge < -0.3 is 34.5 Å². The molecule has 0 aliphatic carbocycles. The van der Waals surface area contributed by atoms with E-state index in [0.29, 0.717) is 17.7 Å². The monoisotopic (exact) mass is 580 g/mol. The van der Waals surface area contributed by atoms with Crippen LogP contribution in [0.25, 0.3) is 0 Å². The number of nitrogens with one attached hydrogen (secondary N) is 1. The number of carboxylic acid groups (broad SMARTS) is 1. The molecule has 13 heteroatoms. The van der Waals surface area contributed by atoms with Crippen molar-refractivity contribution in [1.82, 2.24) is 10.2 Å². The quantitative estimate of drug-likeness (QED) is 0.187. The molecule has 2 heterocycles. The Morgan fingerprint density at radius 2 is 1.73 bits per heavy atom. The molecule has 3 amide bonds. The summed E-state index contributed by atoms with van der Waals surface area (Å²) in [7, 11) is 0. The van der Waals surface area contributed by atoms with Crippen LogP contribution in [0.1, 0.15) is 59.4 Å². The molecule has 0 unspecified atom stereocenters. The average Bonchev–Trinajstić information content (AvgIpc) is 3.26. The topological polar surface area (TPSA) is 178 Å². The van der Waals surface area contributed by atoms with E-state index in [2.05, 4.69) is 5.32 Å². The van der Waals surface area contributed by atoms with Gasteiger partial charge in [0, 0.05) is 50.1 Å². The minimum absolute atomic E-state index is 0.0387. The molecular weight excluding hydrogens is 540 g/mol. The smallest absolute Gasteiger partial charge is 0.333 e. The van der Waals surface area contributed by atoms with Crippen molar-refractivity contribution in [2.24, 2.45) is 0 Å². The summed E-state index contributed by atoms with van der Waals surface area (Å²) in [4.78, 5) is 58.3. The Bertz CT molecular complexity index is 1060. The molecule has 0 spiro atoms. The Kier molecular flexibility index (Phi) is 15.7. The maximum Gasteiger partial charge on any atom is 0.333 e. The van der Waals surface area contributed by atoms with Crippen LogP contribution in [0.2, 0.25) is 0 Å². The van der Waals surface area contributed by atoms with Crippen LogP contribution in [-0.4, -0.2) is 83.0 Å². The van der Waals surface area contributed by atoms with Gasteiger partial charge in [-0.15, -0.1) is 0 Å². The highest BCUT2D eigenvalue weighted by atomic mass is 16.7. The van der Waals surface area contributed by atoms with Gasteiger partial charge in [-0.05, 0) is 18.6 Å². The Labute approximate surface area is 239 Å². The van der Waals surface area contributed by atoms with E-state index < -0.39 is 48.2 Å². The first-order valence-corrected chi connectivity index (χ1v) is 13.5. The summed E-state index contributed by atoms with van der Waals surface area (Å²) in [6, 6.07) is 4.71. The number of imide groups is 1. The predicted octanol–water partition coefficient (Wildman–Crippen LogP) is 1.94. The lowest BCUT2D eigenvalue weighted by Gasteiger charge is -2.31. The Morgan fingerprint density at radius 3 is 2.34 bits per heavy atom. The molecule has 41 heavy (non-hydrogen) atoms. The number of rotatable bonds is 12. The summed E-state index contributed by atoms with van der Waals surface area (Å²) < 4.78 is 21.9. The van der Waals surface area contributed by atoms with Crippen molar-refractivity contribution in [3.63, 3.8) is 0 Å². The predicted molar refractivity (Wildman–Crippen MR) is 146 cm³/mol. The van der Waals surface area contributed by atoms with Gasteiger partial charge in [0.1, 0.15) is 24.7 Å². The molecule has 2 aliphatic rings. The minimum Gasteiger partial charge on any atom is -0.493 e. The lowest BCUT2D eigenvalue weighted by Crippen LogP contribution is -2.42. The Hall–Kier alpha value is -3.97. The third kappa shape index (κ3) is 12.0. The maximum absolute atomic E-state index is 12.0. The van der Waals surface area contributed by atoms with Crippen LogP contribution >= 0.6 is 0 Å². The third-order valence-electron chi connectivity index (χ3n) is 5.38. The molecule has 3 rings (SSSR count). The average molecular weight is 581 g/mol. The van der Waals surface area contributed by atoms with Crippen LogP contribution in [0.3, 0.4) is 0 Å². The highest BCUT2D eigenvalue weighted by Crippen LogP contribution is 2.29. The van der Waals surface area contributed by atoms with Gasteiger partial charge in [-0.3, -0.25) is 24.1 Å². The Morgan fingerprint density at radius 1 is 1.07 bits per heavy atom. The fourth-order valence-electron chi connectivity index (χ4n) is 3.56. The molecule has 2 aliphatic heterocycles. The first-order chi connectivity index (χ1) is 19.6. The van der Waals surface area contributed by atoms with Gasteiger partial charge in [-0.2, -0.15) is 0 Å². The number of carbonyl (C=O) groups excluding carboxylic acids is 4. The van der Waals surface area contributed by atoms with E-state index in [1.165, 1.54) is 13.0 Å². The van der Waals surface area contributed by atoms with Crippen LogP contribution in [0, 0.1) is 0 Å². The number of carbonyl (C=O) groups is 5. The summed E-state index contributed by atoms with van der Waals surface area (Å²) in [5.74, 6) is -2.65. The van der Waals surface area contributed by atoms with Crippen molar-refractivity contribution >= 4 is 29.7 Å². The number of esters is 1. The number of aliphatic hydroxyl groups is 1. The first-order valence-electron chi connectivity index (χ1n) is 13.5. The Balaban J connectivity index is 0.00000201. The summed E-state index contributed by atoms with van der Waals surface area (Å²) in [6.45, 7) is 9.19. The van der Waals surface area contributed by atoms with E-state index >= 15 is 0 Å². The second kappa shape index (κ2) is 18.4. The van der Waals surface area contributed by atoms with Gasteiger partial charge in [-0.1, -0.05) is 27.7 Å². The van der Waals surface area contributed by atoms with Crippen LogP contribution in [0.15, 0.2) is 30.4 Å². The molecule has 0 bridgehead atoms. The molecule has 3 atom stereocenters. The molecular formula is C28H40N2O11. The van der Waals surface area contributed by atoms with Crippen molar-refractivity contribution in [1.29, 1.82) is 0 Å². The van der Waals surface area contributed by atoms with Gasteiger partial charge in [0.05, 0.1) is 12.7 Å². The molecule has 3 N–H and O–H groups in total. The van der Waals surface area contributed by atoms with Crippen molar-refractivity contribution in [2.75, 3.05) is 19.7 Å². The lowest BCUT2D eigenvalue weighted by atomic mass is 10.1. The number of hydrogen-bond donors (Lipinski definition) is 3. The standard InChI is InChI=1S/C24H28N2O11.2C2H6/c1-14(27)35-13-15-3-4-17(36-23-10-16(28)9-19(37-23)24(32)33)11-18(15)34-8-2-7-25-20(29)12-26-21(30)5-6-22(26)31;2*1-2/h3-6,11,16,19,23,28H,2,7-10,12-13H2,1H3,(H,25,29)(H,32,33);2*1-2H3/t16-,19-,23+;;/m0../s1. The highest BCUT2D eigenvalue weighted by molar-refractivity contribution is 6.14. The van der Waals surface area contributed by atoms with Crippen LogP contribution in [0.5, 0.6) is 11.5 Å². The van der Waals surface area contributed by atoms with Crippen molar-refractivity contribution < 1.29 is 53.1 Å². The van der Waals surface area contributed by atoms with E-state index in [1.54, 1.807) is 12.1 Å². The van der Waals surface area contributed by atoms with E-state index in [-0.39, 0.29) is 44.9 Å². The zero-order valence-corrected chi connectivity index (χ0v) is 24.1. The summed E-state index contributed by atoms with van der Waals surface area (Å²) in [6.07, 6.45) is -0.460. The number of ether oxygens (including phenoxy) is 4. The number of amides is 3. The number of aliphatic carboxylic acids is 1. The second-order valence-corrected chi connectivity index (χ2v) is 8.33. The fourth-order valence-corrected chi connectivity index (χ4v) is 3.56. The number of nitrogens with zero attached hydrogens (tertiary/aromatic N) is 1. The van der Waals surface area contributed by atoms with Gasteiger partial charge in [0.25, 0.3) is 11.8 Å². The lowest BCUT2D eigenvalue weighted by molar-refractivity contribution is -0.195. The van der Waals surface area contributed by atoms with Crippen molar-refractivity contribution in [3.05, 3.63) is 35.9 Å². The molecule has 0 aromatic heterocycles. The molecule has 1 saturated heterocycles. The van der Waals surface area contributed by atoms with Crippen LogP contribution in [0.4, 0.5) is 0 Å². The highest BCUT2D eigenvalue weighted by Gasteiger charge is 2.34. The SMILES string of the molecule is CC.CC.CC(=O)OCc1ccc(O[C@H]2C[C@@H](O)C[C@@H](C(=O)O)O2)cc1OCCCNC(=O)CN1C(=O)C=CC1=O. The minimum atomic E-state index is -1.20. The molecule has 1 aromatic carbocycles.